The van der Waals surface area contributed by atoms with Crippen LogP contribution in [0.3, 0.4) is 0 Å². The molecule has 0 amide bonds. The van der Waals surface area contributed by atoms with Crippen molar-refractivity contribution in [2.75, 3.05) is 38.2 Å². The normalized spacial score (nSPS) is 15.4. The maximum atomic E-state index is 5.28. The van der Waals surface area contributed by atoms with E-state index < -0.39 is 0 Å². The minimum absolute atomic E-state index is 0.848. The van der Waals surface area contributed by atoms with E-state index in [2.05, 4.69) is 22.2 Å². The first-order chi connectivity index (χ1) is 9.79. The Morgan fingerprint density at radius 1 is 1.25 bits per heavy atom. The third kappa shape index (κ3) is 2.36. The molecule has 3 rings (SSSR count). The molecule has 5 heteroatoms. The predicted molar refractivity (Wildman–Crippen MR) is 79.9 cm³/mol. The lowest BCUT2D eigenvalue weighted by molar-refractivity contribution is 0.414. The van der Waals surface area contributed by atoms with Crippen LogP contribution >= 0.6 is 0 Å². The van der Waals surface area contributed by atoms with Gasteiger partial charge in [0.05, 0.1) is 30.4 Å². The number of benzene rings is 1. The Labute approximate surface area is 119 Å². The molecule has 5 nitrogen and oxygen atoms in total. The number of rotatable bonds is 3. The number of hydrogen-bond acceptors (Lipinski definition) is 4. The first-order valence-electron chi connectivity index (χ1n) is 6.94. The first-order valence-corrected chi connectivity index (χ1v) is 6.94. The summed E-state index contributed by atoms with van der Waals surface area (Å²) in [6, 6.07) is 7.98. The second-order valence-electron chi connectivity index (χ2n) is 4.97. The van der Waals surface area contributed by atoms with E-state index >= 15 is 0 Å². The predicted octanol–water partition coefficient (Wildman–Crippen LogP) is 1.60. The van der Waals surface area contributed by atoms with E-state index in [1.54, 1.807) is 7.11 Å². The lowest BCUT2D eigenvalue weighted by Crippen LogP contribution is -2.43. The van der Waals surface area contributed by atoms with Crippen LogP contribution in [-0.2, 0) is 0 Å². The van der Waals surface area contributed by atoms with Crippen LogP contribution < -0.4 is 15.0 Å². The molecule has 20 heavy (non-hydrogen) atoms. The Bertz CT molecular complexity index is 587. The van der Waals surface area contributed by atoms with E-state index in [1.807, 2.05) is 35.1 Å². The minimum Gasteiger partial charge on any atom is -0.497 e. The summed E-state index contributed by atoms with van der Waals surface area (Å²) in [5, 5.41) is 7.91. The molecular weight excluding hydrogens is 252 g/mol. The average molecular weight is 272 g/mol. The molecule has 1 aliphatic heterocycles. The Balaban J connectivity index is 1.92. The molecule has 1 aromatic heterocycles. The number of aromatic nitrogens is 2. The lowest BCUT2D eigenvalue weighted by Gasteiger charge is -2.28. The lowest BCUT2D eigenvalue weighted by atomic mass is 10.2. The average Bonchev–Trinajstić information content (AvgIpc) is 2.90. The minimum atomic E-state index is 0.848. The van der Waals surface area contributed by atoms with Crippen molar-refractivity contribution in [3.05, 3.63) is 36.2 Å². The highest BCUT2D eigenvalue weighted by Crippen LogP contribution is 2.24. The van der Waals surface area contributed by atoms with Gasteiger partial charge in [-0.2, -0.15) is 5.10 Å². The summed E-state index contributed by atoms with van der Waals surface area (Å²) >= 11 is 0. The van der Waals surface area contributed by atoms with Crippen LogP contribution in [0.2, 0.25) is 0 Å². The Morgan fingerprint density at radius 3 is 2.80 bits per heavy atom. The van der Waals surface area contributed by atoms with Crippen molar-refractivity contribution in [2.45, 2.75) is 6.92 Å². The number of nitrogens with zero attached hydrogens (tertiary/aromatic N) is 3. The molecule has 2 heterocycles. The number of nitrogens with one attached hydrogen (secondary N) is 1. The third-order valence-corrected chi connectivity index (χ3v) is 3.74. The van der Waals surface area contributed by atoms with Crippen molar-refractivity contribution < 1.29 is 4.74 Å². The molecular formula is C15H20N4O. The van der Waals surface area contributed by atoms with Crippen molar-refractivity contribution >= 4 is 5.69 Å². The summed E-state index contributed by atoms with van der Waals surface area (Å²) in [5.41, 5.74) is 3.41. The van der Waals surface area contributed by atoms with E-state index in [1.165, 1.54) is 11.4 Å². The van der Waals surface area contributed by atoms with Crippen molar-refractivity contribution in [2.24, 2.45) is 0 Å². The zero-order chi connectivity index (χ0) is 13.9. The molecule has 0 saturated carbocycles. The quantitative estimate of drug-likeness (QED) is 0.921. The summed E-state index contributed by atoms with van der Waals surface area (Å²) in [6.45, 7) is 6.24. The fourth-order valence-electron chi connectivity index (χ4n) is 2.62. The van der Waals surface area contributed by atoms with Crippen molar-refractivity contribution in [1.29, 1.82) is 0 Å². The fourth-order valence-corrected chi connectivity index (χ4v) is 2.62. The van der Waals surface area contributed by atoms with Crippen LogP contribution in [0.4, 0.5) is 5.69 Å². The molecule has 1 aromatic carbocycles. The van der Waals surface area contributed by atoms with Gasteiger partial charge in [0.15, 0.2) is 0 Å². The monoisotopic (exact) mass is 272 g/mol. The number of ether oxygens (including phenoxy) is 1. The fraction of sp³-hybridized carbons (Fsp3) is 0.400. The zero-order valence-electron chi connectivity index (χ0n) is 12.0. The van der Waals surface area contributed by atoms with E-state index in [0.29, 0.717) is 0 Å². The Kier molecular flexibility index (Phi) is 3.60. The topological polar surface area (TPSA) is 42.3 Å². The largest absolute Gasteiger partial charge is 0.497 e. The molecule has 1 fully saturated rings. The highest BCUT2D eigenvalue weighted by Gasteiger charge is 2.16. The van der Waals surface area contributed by atoms with Gasteiger partial charge in [0.2, 0.25) is 0 Å². The molecule has 0 aliphatic carbocycles. The summed E-state index contributed by atoms with van der Waals surface area (Å²) in [4.78, 5) is 2.38. The van der Waals surface area contributed by atoms with Gasteiger partial charge in [0.1, 0.15) is 5.75 Å². The third-order valence-electron chi connectivity index (χ3n) is 3.74. The smallest absolute Gasteiger partial charge is 0.121 e. The summed E-state index contributed by atoms with van der Waals surface area (Å²) in [7, 11) is 1.68. The van der Waals surface area contributed by atoms with Gasteiger partial charge in [0.25, 0.3) is 0 Å². The Hall–Kier alpha value is -2.01. The molecule has 0 bridgehead atoms. The van der Waals surface area contributed by atoms with Crippen LogP contribution in [0.1, 0.15) is 5.69 Å². The molecule has 0 unspecified atom stereocenters. The second-order valence-corrected chi connectivity index (χ2v) is 4.97. The summed E-state index contributed by atoms with van der Waals surface area (Å²) in [6.07, 6.45) is 1.96. The zero-order valence-corrected chi connectivity index (χ0v) is 12.0. The molecule has 106 valence electrons. The second kappa shape index (κ2) is 5.54. The van der Waals surface area contributed by atoms with Crippen LogP contribution in [0, 0.1) is 6.92 Å². The maximum absolute atomic E-state index is 5.28. The number of piperazine rings is 1. The molecule has 1 aliphatic rings. The number of methoxy groups -OCH3 is 1. The van der Waals surface area contributed by atoms with Gasteiger partial charge in [-0.15, -0.1) is 0 Å². The summed E-state index contributed by atoms with van der Waals surface area (Å²) in [5.74, 6) is 0.848. The molecule has 1 N–H and O–H groups in total. The summed E-state index contributed by atoms with van der Waals surface area (Å²) < 4.78 is 7.25. The van der Waals surface area contributed by atoms with Gasteiger partial charge in [-0.1, -0.05) is 6.07 Å². The van der Waals surface area contributed by atoms with Crippen molar-refractivity contribution in [3.63, 3.8) is 0 Å². The molecule has 0 atom stereocenters. The highest BCUT2D eigenvalue weighted by atomic mass is 16.5. The maximum Gasteiger partial charge on any atom is 0.121 e. The van der Waals surface area contributed by atoms with Crippen LogP contribution in [0.15, 0.2) is 30.5 Å². The van der Waals surface area contributed by atoms with Crippen LogP contribution in [0.5, 0.6) is 5.75 Å². The number of anilines is 1. The van der Waals surface area contributed by atoms with Gasteiger partial charge in [-0.05, 0) is 19.1 Å². The van der Waals surface area contributed by atoms with Crippen LogP contribution in [-0.4, -0.2) is 43.1 Å². The molecule has 1 saturated heterocycles. The molecule has 0 radical (unpaired) electrons. The van der Waals surface area contributed by atoms with E-state index in [9.17, 15) is 0 Å². The van der Waals surface area contributed by atoms with Gasteiger partial charge >= 0.3 is 0 Å². The first kappa shape index (κ1) is 13.0. The van der Waals surface area contributed by atoms with Gasteiger partial charge < -0.3 is 15.0 Å². The van der Waals surface area contributed by atoms with Gasteiger partial charge in [-0.25, -0.2) is 4.68 Å². The number of hydrogen-bond donors (Lipinski definition) is 1. The van der Waals surface area contributed by atoms with Crippen LogP contribution in [0.25, 0.3) is 5.69 Å². The van der Waals surface area contributed by atoms with E-state index in [-0.39, 0.29) is 0 Å². The van der Waals surface area contributed by atoms with Crippen molar-refractivity contribution in [1.82, 2.24) is 15.1 Å². The SMILES string of the molecule is COc1cccc(-n2ncc(N3CCNCC3)c2C)c1. The van der Waals surface area contributed by atoms with Gasteiger partial charge in [-0.3, -0.25) is 0 Å². The standard InChI is InChI=1S/C15H20N4O/c1-12-15(18-8-6-16-7-9-18)11-17-19(12)13-4-3-5-14(10-13)20-2/h3-5,10-11,16H,6-9H2,1-2H3. The van der Waals surface area contributed by atoms with Gasteiger partial charge in [0, 0.05) is 32.2 Å². The molecule has 0 spiro atoms. The molecule has 2 aromatic rings. The highest BCUT2D eigenvalue weighted by molar-refractivity contribution is 5.53. The Morgan fingerprint density at radius 2 is 2.05 bits per heavy atom. The van der Waals surface area contributed by atoms with E-state index in [0.717, 1.165) is 37.6 Å². The van der Waals surface area contributed by atoms with E-state index in [4.69, 9.17) is 4.74 Å². The van der Waals surface area contributed by atoms with Crippen molar-refractivity contribution in [3.8, 4) is 11.4 Å².